The largest absolute Gasteiger partial charge is 0.484 e. The summed E-state index contributed by atoms with van der Waals surface area (Å²) in [7, 11) is 0. The fraction of sp³-hybridized carbons (Fsp3) is 0.562. The van der Waals surface area contributed by atoms with Crippen molar-refractivity contribution in [2.45, 2.75) is 37.9 Å². The highest BCUT2D eigenvalue weighted by Gasteiger charge is 2.34. The molecular formula is C16H23N3O2. The monoisotopic (exact) mass is 289 g/mol. The van der Waals surface area contributed by atoms with Gasteiger partial charge in [0.1, 0.15) is 5.75 Å². The first kappa shape index (κ1) is 14.4. The number of rotatable bonds is 6. The Morgan fingerprint density at radius 1 is 1.29 bits per heavy atom. The van der Waals surface area contributed by atoms with Gasteiger partial charge in [-0.15, -0.1) is 0 Å². The van der Waals surface area contributed by atoms with E-state index in [0.717, 1.165) is 31.1 Å². The van der Waals surface area contributed by atoms with E-state index in [1.54, 1.807) is 0 Å². The minimum atomic E-state index is -0.0412. The molecule has 0 aromatic heterocycles. The van der Waals surface area contributed by atoms with Crippen molar-refractivity contribution >= 4 is 5.91 Å². The smallest absolute Gasteiger partial charge is 0.258 e. The molecule has 5 nitrogen and oxygen atoms in total. The molecule has 1 heterocycles. The lowest BCUT2D eigenvalue weighted by Gasteiger charge is -2.16. The lowest BCUT2D eigenvalue weighted by molar-refractivity contribution is -0.123. The highest BCUT2D eigenvalue weighted by Crippen LogP contribution is 2.29. The first-order chi connectivity index (χ1) is 10.2. The molecule has 1 aromatic carbocycles. The molecule has 2 aliphatic rings. The molecule has 1 aromatic rings. The Morgan fingerprint density at radius 2 is 2.05 bits per heavy atom. The highest BCUT2D eigenvalue weighted by molar-refractivity contribution is 5.77. The second-order valence-electron chi connectivity index (χ2n) is 5.92. The van der Waals surface area contributed by atoms with Crippen LogP contribution < -0.4 is 15.8 Å². The van der Waals surface area contributed by atoms with Crippen LogP contribution in [0.5, 0.6) is 5.75 Å². The van der Waals surface area contributed by atoms with Crippen molar-refractivity contribution in [3.8, 4) is 5.75 Å². The predicted octanol–water partition coefficient (Wildman–Crippen LogP) is 0.877. The zero-order chi connectivity index (χ0) is 14.7. The Kier molecular flexibility index (Phi) is 4.41. The quantitative estimate of drug-likeness (QED) is 0.816. The summed E-state index contributed by atoms with van der Waals surface area (Å²) in [5.74, 6) is 0.661. The number of nitrogens with two attached hydrogens (primary N) is 1. The van der Waals surface area contributed by atoms with E-state index < -0.39 is 0 Å². The third kappa shape index (κ3) is 3.95. The fourth-order valence-electron chi connectivity index (χ4n) is 2.82. The molecule has 0 radical (unpaired) electrons. The van der Waals surface area contributed by atoms with Crippen LogP contribution in [-0.4, -0.2) is 42.6 Å². The lowest BCUT2D eigenvalue weighted by Crippen LogP contribution is -2.39. The van der Waals surface area contributed by atoms with Crippen molar-refractivity contribution in [3.63, 3.8) is 0 Å². The molecule has 1 amide bonds. The van der Waals surface area contributed by atoms with Gasteiger partial charge in [-0.05, 0) is 37.0 Å². The van der Waals surface area contributed by atoms with Crippen LogP contribution in [0.4, 0.5) is 0 Å². The van der Waals surface area contributed by atoms with Gasteiger partial charge in [0.15, 0.2) is 6.61 Å². The van der Waals surface area contributed by atoms with Crippen LogP contribution in [0, 0.1) is 0 Å². The highest BCUT2D eigenvalue weighted by atomic mass is 16.5. The van der Waals surface area contributed by atoms with Crippen molar-refractivity contribution in [2.75, 3.05) is 19.7 Å². The molecule has 0 bridgehead atoms. The molecule has 3 N–H and O–H groups in total. The van der Waals surface area contributed by atoms with Crippen molar-refractivity contribution in [2.24, 2.45) is 5.73 Å². The van der Waals surface area contributed by atoms with Gasteiger partial charge in [0, 0.05) is 31.7 Å². The van der Waals surface area contributed by atoms with E-state index in [0.29, 0.717) is 12.3 Å². The third-order valence-electron chi connectivity index (χ3n) is 4.18. The Balaban J connectivity index is 1.39. The Hall–Kier alpha value is -1.59. The molecule has 3 rings (SSSR count). The Morgan fingerprint density at radius 3 is 2.71 bits per heavy atom. The summed E-state index contributed by atoms with van der Waals surface area (Å²) >= 11 is 0. The average molecular weight is 289 g/mol. The van der Waals surface area contributed by atoms with E-state index in [1.165, 1.54) is 12.8 Å². The number of hydrogen-bond donors (Lipinski definition) is 2. The normalized spacial score (nSPS) is 22.2. The molecule has 2 fully saturated rings. The van der Waals surface area contributed by atoms with Crippen LogP contribution in [0.25, 0.3) is 0 Å². The number of hydrogen-bond acceptors (Lipinski definition) is 4. The van der Waals surface area contributed by atoms with E-state index in [4.69, 9.17) is 10.5 Å². The number of nitrogens with one attached hydrogen (secondary N) is 1. The fourth-order valence-corrected chi connectivity index (χ4v) is 2.82. The van der Waals surface area contributed by atoms with Gasteiger partial charge in [-0.1, -0.05) is 12.1 Å². The molecular weight excluding hydrogens is 266 g/mol. The summed E-state index contributed by atoms with van der Waals surface area (Å²) < 4.78 is 5.50. The van der Waals surface area contributed by atoms with Crippen LogP contribution in [0.15, 0.2) is 24.3 Å². The van der Waals surface area contributed by atoms with Crippen LogP contribution in [-0.2, 0) is 11.3 Å². The maximum atomic E-state index is 11.9. The van der Waals surface area contributed by atoms with Crippen molar-refractivity contribution in [1.29, 1.82) is 0 Å². The zero-order valence-corrected chi connectivity index (χ0v) is 12.3. The molecule has 1 saturated heterocycles. The zero-order valence-electron chi connectivity index (χ0n) is 12.3. The summed E-state index contributed by atoms with van der Waals surface area (Å²) in [4.78, 5) is 14.4. The van der Waals surface area contributed by atoms with Gasteiger partial charge in [0.2, 0.25) is 0 Å². The molecule has 5 heteroatoms. The molecule has 1 aliphatic heterocycles. The maximum Gasteiger partial charge on any atom is 0.258 e. The van der Waals surface area contributed by atoms with E-state index >= 15 is 0 Å². The van der Waals surface area contributed by atoms with Gasteiger partial charge >= 0.3 is 0 Å². The third-order valence-corrected chi connectivity index (χ3v) is 4.18. The summed E-state index contributed by atoms with van der Waals surface area (Å²) in [5, 5.41) is 3.06. The molecule has 0 spiro atoms. The summed E-state index contributed by atoms with van der Waals surface area (Å²) in [6, 6.07) is 8.58. The number of nitrogens with zero attached hydrogens (tertiary/aromatic N) is 1. The minimum absolute atomic E-state index is 0.0412. The standard InChI is InChI=1S/C16H23N3O2/c17-9-12-1-5-15(6-2-12)21-11-16(20)18-13-7-8-19(10-13)14-3-4-14/h1-2,5-6,13-14H,3-4,7-11,17H2,(H,18,20). The molecule has 1 unspecified atom stereocenters. The summed E-state index contributed by atoms with van der Waals surface area (Å²) in [5.41, 5.74) is 6.59. The molecule has 114 valence electrons. The van der Waals surface area contributed by atoms with Gasteiger partial charge in [-0.25, -0.2) is 0 Å². The van der Waals surface area contributed by atoms with E-state index in [1.807, 2.05) is 24.3 Å². The lowest BCUT2D eigenvalue weighted by atomic mass is 10.2. The number of benzene rings is 1. The van der Waals surface area contributed by atoms with Crippen LogP contribution in [0.1, 0.15) is 24.8 Å². The van der Waals surface area contributed by atoms with Crippen LogP contribution in [0.2, 0.25) is 0 Å². The van der Waals surface area contributed by atoms with Gasteiger partial charge in [0.05, 0.1) is 0 Å². The Bertz CT molecular complexity index is 485. The van der Waals surface area contributed by atoms with Gasteiger partial charge < -0.3 is 15.8 Å². The summed E-state index contributed by atoms with van der Waals surface area (Å²) in [6.07, 6.45) is 3.69. The maximum absolute atomic E-state index is 11.9. The number of carbonyl (C=O) groups is 1. The predicted molar refractivity (Wildman–Crippen MR) is 81.0 cm³/mol. The number of likely N-dealkylation sites (tertiary alicyclic amines) is 1. The van der Waals surface area contributed by atoms with Gasteiger partial charge in [-0.2, -0.15) is 0 Å². The number of amides is 1. The number of ether oxygens (including phenoxy) is 1. The van der Waals surface area contributed by atoms with Crippen LogP contribution in [0.3, 0.4) is 0 Å². The van der Waals surface area contributed by atoms with Gasteiger partial charge in [-0.3, -0.25) is 9.69 Å². The second-order valence-corrected chi connectivity index (χ2v) is 5.92. The molecule has 21 heavy (non-hydrogen) atoms. The van der Waals surface area contributed by atoms with Crippen LogP contribution >= 0.6 is 0 Å². The minimum Gasteiger partial charge on any atom is -0.484 e. The summed E-state index contributed by atoms with van der Waals surface area (Å²) in [6.45, 7) is 2.68. The molecule has 1 atom stereocenters. The second kappa shape index (κ2) is 6.45. The van der Waals surface area contributed by atoms with E-state index in [9.17, 15) is 4.79 Å². The average Bonchev–Trinajstić information content (AvgIpc) is 3.26. The molecule has 1 aliphatic carbocycles. The topological polar surface area (TPSA) is 67.6 Å². The van der Waals surface area contributed by atoms with E-state index in [-0.39, 0.29) is 18.6 Å². The first-order valence-corrected chi connectivity index (χ1v) is 7.70. The Labute approximate surface area is 125 Å². The first-order valence-electron chi connectivity index (χ1n) is 7.70. The van der Waals surface area contributed by atoms with Crippen molar-refractivity contribution in [3.05, 3.63) is 29.8 Å². The number of carbonyl (C=O) groups excluding carboxylic acids is 1. The van der Waals surface area contributed by atoms with Gasteiger partial charge in [0.25, 0.3) is 5.91 Å². The van der Waals surface area contributed by atoms with Crippen molar-refractivity contribution in [1.82, 2.24) is 10.2 Å². The van der Waals surface area contributed by atoms with E-state index in [2.05, 4.69) is 10.2 Å². The SMILES string of the molecule is NCc1ccc(OCC(=O)NC2CCN(C3CC3)C2)cc1. The molecule has 1 saturated carbocycles. The van der Waals surface area contributed by atoms with Crippen molar-refractivity contribution < 1.29 is 9.53 Å².